The number of fused-ring (bicyclic) bond motifs is 5. The van der Waals surface area contributed by atoms with E-state index >= 15 is 0 Å². The van der Waals surface area contributed by atoms with E-state index in [0.717, 1.165) is 91.0 Å². The summed E-state index contributed by atoms with van der Waals surface area (Å²) in [5.74, 6) is 0.181. The van der Waals surface area contributed by atoms with E-state index in [1.165, 1.54) is 16.3 Å². The molecule has 5 aliphatic heterocycles. The minimum absolute atomic E-state index is 0.0141. The maximum absolute atomic E-state index is 12.3. The second-order valence-electron chi connectivity index (χ2n) is 13.7. The van der Waals surface area contributed by atoms with Gasteiger partial charge in [-0.05, 0) is 121 Å². The highest BCUT2D eigenvalue weighted by Gasteiger charge is 2.41. The molecule has 1 saturated heterocycles. The fraction of sp³-hybridized carbons (Fsp3) is 0.366. The third-order valence-electron chi connectivity index (χ3n) is 10.8. The Bertz CT molecular complexity index is 2080. The van der Waals surface area contributed by atoms with Gasteiger partial charge in [0.1, 0.15) is 5.76 Å². The first-order valence-corrected chi connectivity index (χ1v) is 18.5. The van der Waals surface area contributed by atoms with Crippen LogP contribution in [0, 0.1) is 15.4 Å². The number of aliphatic hydroxyl groups excluding tert-OH is 1. The van der Waals surface area contributed by atoms with Gasteiger partial charge in [-0.3, -0.25) is 4.79 Å². The number of esters is 1. The SMILES string of the molecule is CCC1=C(C)C2=NC1=CC1=NC(=CC3=C(C)C4=C(O)CC(=C5NC(=C2)[C@@H](C)[C@@H]5CCC(=O)OC)C4=N3)C(C(C)OCc2cccc(I)c2)=C1C. The van der Waals surface area contributed by atoms with E-state index in [-0.39, 0.29) is 23.9 Å². The summed E-state index contributed by atoms with van der Waals surface area (Å²) in [6, 6.07) is 8.36. The molecule has 0 saturated carbocycles. The van der Waals surface area contributed by atoms with Crippen molar-refractivity contribution >= 4 is 45.7 Å². The number of carbonyl (C=O) groups is 1. The number of methoxy groups -OCH3 is 1. The molecule has 1 aromatic carbocycles. The number of hydrogen-bond donors (Lipinski definition) is 2. The quantitative estimate of drug-likeness (QED) is 0.203. The molecule has 0 radical (unpaired) electrons. The van der Waals surface area contributed by atoms with E-state index in [2.05, 4.69) is 98.9 Å². The average Bonchev–Trinajstić information content (AvgIpc) is 3.85. The summed E-state index contributed by atoms with van der Waals surface area (Å²) in [5, 5.41) is 15.2. The molecule has 6 aliphatic rings. The van der Waals surface area contributed by atoms with E-state index in [4.69, 9.17) is 24.5 Å². The van der Waals surface area contributed by atoms with Crippen molar-refractivity contribution in [1.29, 1.82) is 0 Å². The molecular formula is C41H43IN4O4. The van der Waals surface area contributed by atoms with Gasteiger partial charge in [-0.25, -0.2) is 15.0 Å². The third kappa shape index (κ3) is 6.02. The van der Waals surface area contributed by atoms with Crippen LogP contribution in [0.3, 0.4) is 0 Å². The Morgan fingerprint density at radius 2 is 1.82 bits per heavy atom. The number of aliphatic hydroxyl groups is 1. The van der Waals surface area contributed by atoms with Crippen molar-refractivity contribution in [1.82, 2.24) is 5.32 Å². The van der Waals surface area contributed by atoms with E-state index in [1.54, 1.807) is 0 Å². The Kier molecular flexibility index (Phi) is 9.32. The molecule has 9 heteroatoms. The zero-order chi connectivity index (χ0) is 35.4. The summed E-state index contributed by atoms with van der Waals surface area (Å²) in [5.41, 5.74) is 15.3. The molecule has 5 heterocycles. The van der Waals surface area contributed by atoms with Crippen molar-refractivity contribution in [2.75, 3.05) is 7.11 Å². The largest absolute Gasteiger partial charge is 0.511 e. The van der Waals surface area contributed by atoms with Gasteiger partial charge in [0.25, 0.3) is 0 Å². The minimum Gasteiger partial charge on any atom is -0.511 e. The molecule has 1 aliphatic carbocycles. The van der Waals surface area contributed by atoms with Crippen LogP contribution in [0.5, 0.6) is 0 Å². The van der Waals surface area contributed by atoms with E-state index in [1.807, 2.05) is 13.0 Å². The molecule has 50 heavy (non-hydrogen) atoms. The number of hydrogen-bond acceptors (Lipinski definition) is 8. The Labute approximate surface area is 307 Å². The topological polar surface area (TPSA) is 105 Å². The van der Waals surface area contributed by atoms with Crippen molar-refractivity contribution in [3.8, 4) is 0 Å². The van der Waals surface area contributed by atoms with Crippen LogP contribution >= 0.6 is 22.6 Å². The predicted octanol–water partition coefficient (Wildman–Crippen LogP) is 8.82. The smallest absolute Gasteiger partial charge is 0.305 e. The van der Waals surface area contributed by atoms with E-state index in [9.17, 15) is 9.90 Å². The zero-order valence-electron chi connectivity index (χ0n) is 29.7. The summed E-state index contributed by atoms with van der Waals surface area (Å²) in [4.78, 5) is 27.9. The number of aliphatic imine (C=N–C) groups is 3. The summed E-state index contributed by atoms with van der Waals surface area (Å²) < 4.78 is 12.7. The summed E-state index contributed by atoms with van der Waals surface area (Å²) >= 11 is 2.33. The van der Waals surface area contributed by atoms with Gasteiger partial charge in [-0.15, -0.1) is 0 Å². The van der Waals surface area contributed by atoms with Gasteiger partial charge in [0, 0.05) is 56.4 Å². The van der Waals surface area contributed by atoms with Crippen molar-refractivity contribution in [2.45, 2.75) is 79.9 Å². The number of rotatable bonds is 8. The standard InChI is InChI=1S/C41H43IN4O4/c1-8-27-20(2)30-16-31-21(3)28(12-13-37(48)49-7)40(45-31)29-15-36(47)39-23(5)33(46-41(29)39)18-35-38(22(4)32(44-35)17-34(27)43-30)24(6)50-19-25-10-9-11-26(42)14-25/h9-11,14,16-18,21,24,28,45,47H,8,12-13,15,19H2,1-7H3/t21-,24?,28-/m0/s1. The van der Waals surface area contributed by atoms with Crippen LogP contribution in [0.2, 0.25) is 0 Å². The Morgan fingerprint density at radius 1 is 1.06 bits per heavy atom. The lowest BCUT2D eigenvalue weighted by molar-refractivity contribution is -0.140. The molecule has 7 rings (SSSR count). The molecule has 0 spiro atoms. The highest BCUT2D eigenvalue weighted by molar-refractivity contribution is 14.1. The van der Waals surface area contributed by atoms with Crippen LogP contribution in [-0.4, -0.2) is 41.4 Å². The molecule has 0 amide bonds. The zero-order valence-corrected chi connectivity index (χ0v) is 31.9. The van der Waals surface area contributed by atoms with Crippen molar-refractivity contribution in [3.63, 3.8) is 0 Å². The lowest BCUT2D eigenvalue weighted by atomic mass is 9.86. The van der Waals surface area contributed by atoms with Gasteiger partial charge in [0.15, 0.2) is 0 Å². The van der Waals surface area contributed by atoms with Crippen LogP contribution < -0.4 is 5.32 Å². The molecule has 8 nitrogen and oxygen atoms in total. The Balaban J connectivity index is 1.38. The first-order chi connectivity index (χ1) is 24.0. The van der Waals surface area contributed by atoms with Gasteiger partial charge in [0.05, 0.1) is 54.0 Å². The molecule has 0 aromatic heterocycles. The maximum Gasteiger partial charge on any atom is 0.305 e. The van der Waals surface area contributed by atoms with Crippen molar-refractivity contribution < 1.29 is 19.4 Å². The molecule has 1 fully saturated rings. The molecule has 2 N–H and O–H groups in total. The number of allylic oxidation sites excluding steroid dienone is 11. The maximum atomic E-state index is 12.3. The van der Waals surface area contributed by atoms with Gasteiger partial charge in [-0.1, -0.05) is 26.0 Å². The number of carbonyl (C=O) groups excluding carboxylic acids is 1. The monoisotopic (exact) mass is 782 g/mol. The fourth-order valence-corrected chi connectivity index (χ4v) is 8.55. The van der Waals surface area contributed by atoms with Gasteiger partial charge in [-0.2, -0.15) is 0 Å². The van der Waals surface area contributed by atoms with Gasteiger partial charge in [0.2, 0.25) is 0 Å². The van der Waals surface area contributed by atoms with Gasteiger partial charge >= 0.3 is 5.97 Å². The Hall–Kier alpha value is -4.09. The summed E-state index contributed by atoms with van der Waals surface area (Å²) in [6.07, 6.45) is 8.21. The van der Waals surface area contributed by atoms with Crippen LogP contribution in [0.4, 0.5) is 0 Å². The van der Waals surface area contributed by atoms with Crippen molar-refractivity contribution in [2.24, 2.45) is 26.8 Å². The lowest BCUT2D eigenvalue weighted by Gasteiger charge is -2.17. The molecule has 1 aromatic rings. The number of nitrogens with one attached hydrogen (secondary N) is 1. The minimum atomic E-state index is -0.243. The number of ether oxygens (including phenoxy) is 2. The fourth-order valence-electron chi connectivity index (χ4n) is 7.94. The highest BCUT2D eigenvalue weighted by atomic mass is 127. The molecule has 258 valence electrons. The number of halogens is 1. The Morgan fingerprint density at radius 3 is 2.56 bits per heavy atom. The molecule has 8 bridgehead atoms. The van der Waals surface area contributed by atoms with Gasteiger partial charge < -0.3 is 19.9 Å². The molecule has 3 atom stereocenters. The van der Waals surface area contributed by atoms with Crippen LogP contribution in [0.15, 0.2) is 131 Å². The summed E-state index contributed by atoms with van der Waals surface area (Å²) in [6.45, 7) is 13.2. The second kappa shape index (κ2) is 13.6. The number of benzene rings is 1. The van der Waals surface area contributed by atoms with Crippen molar-refractivity contribution in [3.05, 3.63) is 125 Å². The number of nitrogens with zero attached hydrogens (tertiary/aromatic N) is 3. The van der Waals surface area contributed by atoms with Crippen LogP contribution in [0.25, 0.3) is 0 Å². The first-order valence-electron chi connectivity index (χ1n) is 17.4. The first kappa shape index (κ1) is 34.4. The molecule has 1 unspecified atom stereocenters. The summed E-state index contributed by atoms with van der Waals surface area (Å²) in [7, 11) is 1.43. The average molecular weight is 783 g/mol. The van der Waals surface area contributed by atoms with E-state index < -0.39 is 0 Å². The molecular weight excluding hydrogens is 739 g/mol. The lowest BCUT2D eigenvalue weighted by Crippen LogP contribution is -2.16. The van der Waals surface area contributed by atoms with Crippen LogP contribution in [0.1, 0.15) is 72.8 Å². The predicted molar refractivity (Wildman–Crippen MR) is 207 cm³/mol. The second-order valence-corrected chi connectivity index (χ2v) is 15.0. The normalized spacial score (nSPS) is 23.3. The highest BCUT2D eigenvalue weighted by Crippen LogP contribution is 2.46. The van der Waals surface area contributed by atoms with Crippen LogP contribution in [-0.2, 0) is 20.9 Å². The van der Waals surface area contributed by atoms with E-state index in [0.29, 0.717) is 31.6 Å². The third-order valence-corrected chi connectivity index (χ3v) is 11.5.